The molecule has 0 aliphatic rings. The zero-order chi connectivity index (χ0) is 10.0. The molecule has 0 heterocycles. The lowest BCUT2D eigenvalue weighted by molar-refractivity contribution is 0.0693. The lowest BCUT2D eigenvalue weighted by Gasteiger charge is -2.01. The lowest BCUT2D eigenvalue weighted by atomic mass is 10.1. The van der Waals surface area contributed by atoms with Gasteiger partial charge in [-0.05, 0) is 12.1 Å². The Hall–Kier alpha value is -1.42. The molecule has 0 aliphatic heterocycles. The molecular formula is C8H4ClFO3. The van der Waals surface area contributed by atoms with Gasteiger partial charge in [0, 0.05) is 0 Å². The van der Waals surface area contributed by atoms with Crippen molar-refractivity contribution in [3.8, 4) is 0 Å². The van der Waals surface area contributed by atoms with Crippen LogP contribution in [0.5, 0.6) is 0 Å². The van der Waals surface area contributed by atoms with Crippen LogP contribution in [0, 0.1) is 5.82 Å². The van der Waals surface area contributed by atoms with Gasteiger partial charge in [0.1, 0.15) is 0 Å². The van der Waals surface area contributed by atoms with Crippen molar-refractivity contribution in [2.45, 2.75) is 0 Å². The summed E-state index contributed by atoms with van der Waals surface area (Å²) < 4.78 is 13.0. The van der Waals surface area contributed by atoms with Crippen LogP contribution in [0.2, 0.25) is 5.02 Å². The topological polar surface area (TPSA) is 54.4 Å². The fourth-order valence-electron chi connectivity index (χ4n) is 0.868. The van der Waals surface area contributed by atoms with E-state index in [-0.39, 0.29) is 11.3 Å². The van der Waals surface area contributed by atoms with Crippen LogP contribution >= 0.6 is 11.6 Å². The zero-order valence-corrected chi connectivity index (χ0v) is 7.01. The molecule has 1 rings (SSSR count). The second kappa shape index (κ2) is 3.53. The van der Waals surface area contributed by atoms with Crippen LogP contribution in [0.4, 0.5) is 4.39 Å². The first kappa shape index (κ1) is 9.67. The van der Waals surface area contributed by atoms with Crippen molar-refractivity contribution in [2.75, 3.05) is 0 Å². The number of rotatable bonds is 2. The number of carbonyl (C=O) groups is 2. The summed E-state index contributed by atoms with van der Waals surface area (Å²) in [6, 6.07) is 2.17. The number of aromatic carboxylic acids is 1. The average molecular weight is 203 g/mol. The van der Waals surface area contributed by atoms with Gasteiger partial charge in [-0.25, -0.2) is 9.18 Å². The van der Waals surface area contributed by atoms with Gasteiger partial charge in [-0.15, -0.1) is 0 Å². The Balaban J connectivity index is 3.47. The second-order valence-electron chi connectivity index (χ2n) is 2.25. The van der Waals surface area contributed by atoms with E-state index >= 15 is 0 Å². The highest BCUT2D eigenvalue weighted by molar-refractivity contribution is 6.31. The Morgan fingerprint density at radius 1 is 1.54 bits per heavy atom. The number of aldehydes is 1. The van der Waals surface area contributed by atoms with E-state index in [1.54, 1.807) is 0 Å². The molecule has 0 saturated heterocycles. The Morgan fingerprint density at radius 3 is 2.62 bits per heavy atom. The first-order valence-corrected chi connectivity index (χ1v) is 3.62. The van der Waals surface area contributed by atoms with Crippen molar-refractivity contribution in [1.29, 1.82) is 0 Å². The predicted molar refractivity (Wildman–Crippen MR) is 43.8 cm³/mol. The van der Waals surface area contributed by atoms with Crippen LogP contribution in [0.15, 0.2) is 12.1 Å². The SMILES string of the molecule is O=Cc1c(C(=O)O)ccc(Cl)c1F. The second-order valence-corrected chi connectivity index (χ2v) is 2.65. The van der Waals surface area contributed by atoms with Crippen LogP contribution in [0.3, 0.4) is 0 Å². The third kappa shape index (κ3) is 1.67. The van der Waals surface area contributed by atoms with Crippen molar-refractivity contribution in [3.05, 3.63) is 34.1 Å². The van der Waals surface area contributed by atoms with Crippen LogP contribution in [0.25, 0.3) is 0 Å². The standard InChI is InChI=1S/C8H4ClFO3/c9-6-2-1-4(8(12)13)5(3-11)7(6)10/h1-3H,(H,12,13). The number of benzene rings is 1. The summed E-state index contributed by atoms with van der Waals surface area (Å²) in [6.07, 6.45) is 0.130. The van der Waals surface area contributed by atoms with Crippen LogP contribution in [-0.2, 0) is 0 Å². The summed E-state index contributed by atoms with van der Waals surface area (Å²) >= 11 is 5.34. The van der Waals surface area contributed by atoms with Gasteiger partial charge in [-0.3, -0.25) is 4.79 Å². The van der Waals surface area contributed by atoms with Gasteiger partial charge < -0.3 is 5.11 Å². The van der Waals surface area contributed by atoms with Gasteiger partial charge in [-0.1, -0.05) is 11.6 Å². The van der Waals surface area contributed by atoms with Crippen LogP contribution < -0.4 is 0 Å². The van der Waals surface area contributed by atoms with E-state index in [2.05, 4.69) is 0 Å². The van der Waals surface area contributed by atoms with Crippen molar-refractivity contribution in [1.82, 2.24) is 0 Å². The Kier molecular flexibility index (Phi) is 2.63. The Bertz CT molecular complexity index is 376. The molecule has 68 valence electrons. The number of halogens is 2. The van der Waals surface area contributed by atoms with Crippen LogP contribution in [0.1, 0.15) is 20.7 Å². The third-order valence-electron chi connectivity index (χ3n) is 1.48. The van der Waals surface area contributed by atoms with Crippen LogP contribution in [-0.4, -0.2) is 17.4 Å². The summed E-state index contributed by atoms with van der Waals surface area (Å²) in [5.74, 6) is -2.37. The first-order chi connectivity index (χ1) is 6.07. The molecule has 5 heteroatoms. The smallest absolute Gasteiger partial charge is 0.336 e. The summed E-state index contributed by atoms with van der Waals surface area (Å²) in [4.78, 5) is 20.8. The minimum atomic E-state index is -1.36. The zero-order valence-electron chi connectivity index (χ0n) is 6.25. The third-order valence-corrected chi connectivity index (χ3v) is 1.77. The molecule has 0 bridgehead atoms. The van der Waals surface area contributed by atoms with Crippen molar-refractivity contribution in [2.24, 2.45) is 0 Å². The van der Waals surface area contributed by atoms with Gasteiger partial charge >= 0.3 is 5.97 Å². The van der Waals surface area contributed by atoms with E-state index in [1.165, 1.54) is 0 Å². The van der Waals surface area contributed by atoms with Gasteiger partial charge in [0.15, 0.2) is 12.1 Å². The van der Waals surface area contributed by atoms with E-state index in [1.807, 2.05) is 0 Å². The number of carboxylic acids is 1. The summed E-state index contributed by atoms with van der Waals surface area (Å²) in [6.45, 7) is 0. The first-order valence-electron chi connectivity index (χ1n) is 3.24. The molecule has 1 aromatic rings. The van der Waals surface area contributed by atoms with E-state index in [4.69, 9.17) is 16.7 Å². The molecule has 0 atom stereocenters. The summed E-state index contributed by atoms with van der Waals surface area (Å²) in [7, 11) is 0. The molecule has 0 fully saturated rings. The molecule has 0 aromatic heterocycles. The van der Waals surface area contributed by atoms with Crippen molar-refractivity contribution < 1.29 is 19.1 Å². The highest BCUT2D eigenvalue weighted by Crippen LogP contribution is 2.20. The molecule has 0 saturated carbocycles. The molecule has 1 N–H and O–H groups in total. The Morgan fingerprint density at radius 2 is 2.15 bits per heavy atom. The van der Waals surface area contributed by atoms with Crippen molar-refractivity contribution >= 4 is 23.9 Å². The molecule has 0 amide bonds. The molecule has 0 spiro atoms. The predicted octanol–water partition coefficient (Wildman–Crippen LogP) is 1.99. The molecule has 13 heavy (non-hydrogen) atoms. The van der Waals surface area contributed by atoms with Crippen molar-refractivity contribution in [3.63, 3.8) is 0 Å². The summed E-state index contributed by atoms with van der Waals surface area (Å²) in [5.41, 5.74) is -0.920. The molecule has 0 unspecified atom stereocenters. The van der Waals surface area contributed by atoms with E-state index in [9.17, 15) is 14.0 Å². The number of hydrogen-bond donors (Lipinski definition) is 1. The minimum Gasteiger partial charge on any atom is -0.478 e. The molecule has 1 aromatic carbocycles. The average Bonchev–Trinajstić information content (AvgIpc) is 2.09. The van der Waals surface area contributed by atoms with Gasteiger partial charge in [0.2, 0.25) is 0 Å². The fourth-order valence-corrected chi connectivity index (χ4v) is 1.03. The van der Waals surface area contributed by atoms with E-state index < -0.39 is 22.9 Å². The van der Waals surface area contributed by atoms with E-state index in [0.29, 0.717) is 0 Å². The molecule has 0 radical (unpaired) electrons. The summed E-state index contributed by atoms with van der Waals surface area (Å²) in [5, 5.41) is 8.27. The Labute approximate surface area is 77.7 Å². The monoisotopic (exact) mass is 202 g/mol. The number of carbonyl (C=O) groups excluding carboxylic acids is 1. The minimum absolute atomic E-state index is 0.130. The molecular weight excluding hydrogens is 199 g/mol. The highest BCUT2D eigenvalue weighted by atomic mass is 35.5. The normalized spacial score (nSPS) is 9.69. The van der Waals surface area contributed by atoms with Gasteiger partial charge in [0.05, 0.1) is 16.1 Å². The maximum atomic E-state index is 13.0. The van der Waals surface area contributed by atoms with Gasteiger partial charge in [0.25, 0.3) is 0 Å². The number of carboxylic acid groups (broad SMARTS) is 1. The highest BCUT2D eigenvalue weighted by Gasteiger charge is 2.15. The maximum absolute atomic E-state index is 13.0. The lowest BCUT2D eigenvalue weighted by Crippen LogP contribution is -2.04. The van der Waals surface area contributed by atoms with E-state index in [0.717, 1.165) is 12.1 Å². The number of hydrogen-bond acceptors (Lipinski definition) is 2. The largest absolute Gasteiger partial charge is 0.478 e. The molecule has 3 nitrogen and oxygen atoms in total. The fraction of sp³-hybridized carbons (Fsp3) is 0. The quantitative estimate of drug-likeness (QED) is 0.747. The maximum Gasteiger partial charge on any atom is 0.336 e. The molecule has 0 aliphatic carbocycles. The van der Waals surface area contributed by atoms with Gasteiger partial charge in [-0.2, -0.15) is 0 Å².